The normalized spacial score (nSPS) is 14.1. The molecule has 0 unspecified atom stereocenters. The molecule has 5 heteroatoms. The van der Waals surface area contributed by atoms with Gasteiger partial charge in [-0.2, -0.15) is 11.3 Å². The zero-order valence-corrected chi connectivity index (χ0v) is 32.9. The fourth-order valence-electron chi connectivity index (χ4n) is 6.25. The molecule has 0 saturated heterocycles. The van der Waals surface area contributed by atoms with Gasteiger partial charge in [0.15, 0.2) is 0 Å². The predicted octanol–water partition coefficient (Wildman–Crippen LogP) is 11.4. The van der Waals surface area contributed by atoms with Crippen LogP contribution in [0.1, 0.15) is 34.0 Å². The van der Waals surface area contributed by atoms with Gasteiger partial charge in [-0.25, -0.2) is 0 Å². The van der Waals surface area contributed by atoms with Gasteiger partial charge in [-0.3, -0.25) is 0 Å². The number of fused-ring (bicyclic) bond motifs is 3. The van der Waals surface area contributed by atoms with E-state index in [1.807, 2.05) is 54.7 Å². The molecule has 1 radical (unpaired) electrons. The molecule has 1 aliphatic rings. The first-order chi connectivity index (χ1) is 23.7. The molecule has 1 aliphatic carbocycles. The van der Waals surface area contributed by atoms with Crippen molar-refractivity contribution >= 4 is 49.2 Å². The van der Waals surface area contributed by atoms with Gasteiger partial charge in [0.2, 0.25) is 0 Å². The fraction of sp³-hybridized carbons (Fsp3) is 0.209. The molecule has 48 heavy (non-hydrogen) atoms. The van der Waals surface area contributed by atoms with Gasteiger partial charge >= 0.3 is 99.8 Å². The Morgan fingerprint density at radius 3 is 2.31 bits per heavy atom. The number of pyridine rings is 2. The van der Waals surface area contributed by atoms with Crippen LogP contribution in [0.25, 0.3) is 53.8 Å². The number of hydrogen-bond donors (Lipinski definition) is 0. The topological polar surface area (TPSA) is 25.8 Å². The van der Waals surface area contributed by atoms with Crippen molar-refractivity contribution in [1.29, 1.82) is 0 Å². The van der Waals surface area contributed by atoms with Crippen molar-refractivity contribution in [3.05, 3.63) is 139 Å². The van der Waals surface area contributed by atoms with Crippen LogP contribution in [0.3, 0.4) is 0 Å². The van der Waals surface area contributed by atoms with Crippen LogP contribution in [0.5, 0.6) is 0 Å². The van der Waals surface area contributed by atoms with Crippen LogP contribution in [0, 0.1) is 18.1 Å². The summed E-state index contributed by atoms with van der Waals surface area (Å²) in [5.41, 5.74) is 7.00. The summed E-state index contributed by atoms with van der Waals surface area (Å²) in [4.78, 5) is 9.17. The Labute approximate surface area is 308 Å². The third-order valence-electron chi connectivity index (χ3n) is 8.90. The average molecular weight is 884 g/mol. The van der Waals surface area contributed by atoms with Crippen molar-refractivity contribution in [3.8, 4) is 33.6 Å². The summed E-state index contributed by atoms with van der Waals surface area (Å²) in [5.74, 6) is 7.23. The van der Waals surface area contributed by atoms with Crippen molar-refractivity contribution in [2.24, 2.45) is 5.92 Å². The van der Waals surface area contributed by atoms with Crippen LogP contribution in [-0.4, -0.2) is 23.2 Å². The molecule has 3 heterocycles. The Morgan fingerprint density at radius 2 is 1.58 bits per heavy atom. The van der Waals surface area contributed by atoms with E-state index in [2.05, 4.69) is 100 Å². The minimum Gasteiger partial charge on any atom is 0 e. The average Bonchev–Trinajstić information content (AvgIpc) is 3.82. The number of benzene rings is 4. The maximum Gasteiger partial charge on any atom is 0 e. The van der Waals surface area contributed by atoms with E-state index in [4.69, 9.17) is 2.74 Å². The maximum absolute atomic E-state index is 8.81. The van der Waals surface area contributed by atoms with Crippen molar-refractivity contribution < 1.29 is 22.8 Å². The summed E-state index contributed by atoms with van der Waals surface area (Å²) in [6.07, 6.45) is 6.65. The first-order valence-electron chi connectivity index (χ1n) is 17.5. The zero-order valence-electron chi connectivity index (χ0n) is 29.6. The molecule has 1 saturated carbocycles. The zero-order chi connectivity index (χ0) is 34.0. The Bertz CT molecular complexity index is 2190. The van der Waals surface area contributed by atoms with Gasteiger partial charge < -0.3 is 4.98 Å². The number of hydrogen-bond acceptors (Lipinski definition) is 3. The second-order valence-corrected chi connectivity index (χ2v) is 25.0. The summed E-state index contributed by atoms with van der Waals surface area (Å²) in [7, 11) is 0. The van der Waals surface area contributed by atoms with Crippen LogP contribution >= 0.6 is 11.3 Å². The minimum absolute atomic E-state index is 0. The number of nitrogens with zero attached hydrogens (tertiary/aromatic N) is 2. The second kappa shape index (κ2) is 15.4. The fourth-order valence-corrected chi connectivity index (χ4v) is 9.67. The molecule has 4 aromatic carbocycles. The van der Waals surface area contributed by atoms with E-state index in [9.17, 15) is 0 Å². The van der Waals surface area contributed by atoms with E-state index in [0.717, 1.165) is 58.5 Å². The summed E-state index contributed by atoms with van der Waals surface area (Å²) in [6, 6.07) is 43.9. The number of aromatic nitrogens is 2. The van der Waals surface area contributed by atoms with Crippen LogP contribution < -0.4 is 4.40 Å². The molecule has 3 aromatic heterocycles. The smallest absolute Gasteiger partial charge is 0 e. The Morgan fingerprint density at radius 1 is 0.771 bits per heavy atom. The van der Waals surface area contributed by atoms with Gasteiger partial charge in [0.25, 0.3) is 0 Å². The SMILES string of the molecule is [2H]C([2H])(c1ccnc(-c2[c-]ccc3c2sc2cc(-c4ccccc4)ccc23)c1)C1CCCC1.[CH3][Ge]([CH3])([CH3])[c]1ccc(-c2[c-]cccc2)nc1.[Ir]. The van der Waals surface area contributed by atoms with Crippen molar-refractivity contribution in [3.63, 3.8) is 0 Å². The van der Waals surface area contributed by atoms with Gasteiger partial charge in [-0.1, -0.05) is 85.2 Å². The first-order valence-corrected chi connectivity index (χ1v) is 24.7. The second-order valence-electron chi connectivity index (χ2n) is 13.3. The third kappa shape index (κ3) is 7.90. The van der Waals surface area contributed by atoms with E-state index in [0.29, 0.717) is 0 Å². The molecular weight excluding hydrogens is 841 g/mol. The van der Waals surface area contributed by atoms with E-state index in [1.54, 1.807) is 17.5 Å². The van der Waals surface area contributed by atoms with Gasteiger partial charge in [0, 0.05) is 33.7 Å². The predicted molar refractivity (Wildman–Crippen MR) is 204 cm³/mol. The Hall–Kier alpha value is -3.41. The molecule has 2 nitrogen and oxygen atoms in total. The van der Waals surface area contributed by atoms with Crippen molar-refractivity contribution in [1.82, 2.24) is 9.97 Å². The van der Waals surface area contributed by atoms with E-state index < -0.39 is 19.6 Å². The molecule has 0 amide bonds. The van der Waals surface area contributed by atoms with Gasteiger partial charge in [-0.15, -0.1) is 23.8 Å². The Balaban J connectivity index is 0.000000215. The number of thiophene rings is 1. The van der Waals surface area contributed by atoms with E-state index in [1.165, 1.54) is 31.0 Å². The van der Waals surface area contributed by atoms with Crippen molar-refractivity contribution in [2.75, 3.05) is 0 Å². The summed E-state index contributed by atoms with van der Waals surface area (Å²) < 4.78 is 21.5. The molecule has 0 N–H and O–H groups in total. The van der Waals surface area contributed by atoms with Crippen molar-refractivity contribution in [2.45, 2.75) is 49.3 Å². The number of rotatable bonds is 6. The standard InChI is InChI=1S/C29H24NS.C14H16GeN.Ir/c1-2-9-22(10-3-1)23-13-14-24-25-11-6-12-26(29(25)31-28(24)19-23)27-18-21(15-16-30-27)17-20-7-4-5-8-20;1-15(2,3)13-9-10-14(16-11-13)12-7-5-4-6-8-12;/h1-3,6,9-11,13-16,18-20H,4-5,7-8,17H2;4-7,9-11H,1-3H3;/q2*-1;/i17D2;;. The van der Waals surface area contributed by atoms with E-state index in [-0.39, 0.29) is 26.0 Å². The monoisotopic (exact) mass is 885 g/mol. The molecule has 1 fully saturated rings. The largest absolute Gasteiger partial charge is 0 e. The molecule has 0 bridgehead atoms. The molecule has 0 aliphatic heterocycles. The molecule has 0 spiro atoms. The molecule has 243 valence electrons. The van der Waals surface area contributed by atoms with Crippen LogP contribution in [0.4, 0.5) is 0 Å². The van der Waals surface area contributed by atoms with Gasteiger partial charge in [-0.05, 0) is 51.3 Å². The third-order valence-corrected chi connectivity index (χ3v) is 14.3. The molecule has 7 aromatic rings. The Kier molecular flexibility index (Phi) is 10.2. The van der Waals surface area contributed by atoms with Gasteiger partial charge in [0.1, 0.15) is 0 Å². The summed E-state index contributed by atoms with van der Waals surface area (Å²) in [6.45, 7) is 0. The quantitative estimate of drug-likeness (QED) is 0.123. The van der Waals surface area contributed by atoms with E-state index >= 15 is 0 Å². The molecule has 0 atom stereocenters. The first kappa shape index (κ1) is 31.8. The molecular formula is C43H40GeIrN2S-2. The van der Waals surface area contributed by atoms with Gasteiger partial charge in [0.05, 0.1) is 0 Å². The summed E-state index contributed by atoms with van der Waals surface area (Å²) in [5, 5.41) is 2.44. The van der Waals surface area contributed by atoms with Crippen LogP contribution in [0.2, 0.25) is 17.3 Å². The summed E-state index contributed by atoms with van der Waals surface area (Å²) >= 11 is 0.0497. The maximum atomic E-state index is 8.81. The van der Waals surface area contributed by atoms with Crippen LogP contribution in [-0.2, 0) is 26.5 Å². The van der Waals surface area contributed by atoms with Crippen LogP contribution in [0.15, 0.2) is 122 Å². The minimum atomic E-state index is -1.72. The molecule has 8 rings (SSSR count).